The van der Waals surface area contributed by atoms with Crippen LogP contribution in [0.2, 0.25) is 18.6 Å². The Kier molecular flexibility index (Phi) is 16.0. The normalized spacial score (nSPS) is 15.7. The Morgan fingerprint density at radius 2 is 1.50 bits per heavy atom. The highest BCUT2D eigenvalue weighted by molar-refractivity contribution is 14.1. The Morgan fingerprint density at radius 1 is 0.885 bits per heavy atom. The van der Waals surface area contributed by atoms with E-state index in [0.717, 1.165) is 18.6 Å². The van der Waals surface area contributed by atoms with Gasteiger partial charge in [0.15, 0.2) is 0 Å². The molecule has 0 aromatic carbocycles. The number of halogens is 1. The summed E-state index contributed by atoms with van der Waals surface area (Å²) in [5.74, 6) is 6.15. The van der Waals surface area contributed by atoms with Gasteiger partial charge in [-0.1, -0.05) is 77.3 Å². The smallest absolute Gasteiger partial charge is 0.135 e. The third-order valence-corrected chi connectivity index (χ3v) is 10.7. The van der Waals surface area contributed by atoms with Crippen molar-refractivity contribution >= 4 is 42.8 Å². The first-order valence-electron chi connectivity index (χ1n) is 11.0. The molecule has 1 fully saturated rings. The lowest BCUT2D eigenvalue weighted by Gasteiger charge is -2.31. The molecule has 152 valence electrons. The molecule has 0 atom stereocenters. The Bertz CT molecular complexity index is 385. The second-order valence-corrected chi connectivity index (χ2v) is 14.7. The highest BCUT2D eigenvalue weighted by atomic mass is 127. The van der Waals surface area contributed by atoms with Crippen LogP contribution in [0, 0.1) is 11.5 Å². The average molecular weight is 509 g/mol. The van der Waals surface area contributed by atoms with E-state index in [-0.39, 0.29) is 0 Å². The van der Waals surface area contributed by atoms with Crippen molar-refractivity contribution in [3.8, 4) is 11.5 Å². The highest BCUT2D eigenvalue weighted by Gasteiger charge is 2.31. The van der Waals surface area contributed by atoms with Gasteiger partial charge in [0.1, 0.15) is 31.1 Å². The largest absolute Gasteiger partial charge is 0.316 e. The summed E-state index contributed by atoms with van der Waals surface area (Å²) in [5, 5.41) is 0. The molecule has 0 bridgehead atoms. The minimum absolute atomic E-state index is 0.901. The minimum atomic E-state index is -1.28. The average Bonchev–Trinajstić information content (AvgIpc) is 2.65. The minimum Gasteiger partial charge on any atom is -0.316 e. The number of thioether (sulfide) groups is 1. The first-order chi connectivity index (χ1) is 12.7. The Hall–Kier alpha value is 0.817. The van der Waals surface area contributed by atoms with E-state index in [1.807, 2.05) is 23.0 Å². The summed E-state index contributed by atoms with van der Waals surface area (Å²) in [6.07, 6.45) is 19.4. The van der Waals surface area contributed by atoms with Crippen molar-refractivity contribution in [1.82, 2.24) is 0 Å². The van der Waals surface area contributed by atoms with E-state index >= 15 is 0 Å². The lowest BCUT2D eigenvalue weighted by Crippen LogP contribution is -2.32. The summed E-state index contributed by atoms with van der Waals surface area (Å²) < 4.78 is 5.04. The van der Waals surface area contributed by atoms with Crippen molar-refractivity contribution in [1.29, 1.82) is 0 Å². The van der Waals surface area contributed by atoms with Gasteiger partial charge in [0.2, 0.25) is 0 Å². The number of hydrogen-bond acceptors (Lipinski definition) is 2. The third-order valence-electron chi connectivity index (χ3n) is 5.64. The van der Waals surface area contributed by atoms with Crippen molar-refractivity contribution in [2.24, 2.45) is 0 Å². The van der Waals surface area contributed by atoms with Crippen LogP contribution in [-0.4, -0.2) is 26.2 Å². The van der Waals surface area contributed by atoms with E-state index in [1.165, 1.54) is 95.0 Å². The van der Waals surface area contributed by atoms with Crippen molar-refractivity contribution in [3.05, 3.63) is 0 Å². The van der Waals surface area contributed by atoms with E-state index < -0.39 is 8.07 Å². The van der Waals surface area contributed by atoms with Crippen LogP contribution < -0.4 is 0 Å². The van der Waals surface area contributed by atoms with E-state index in [2.05, 4.69) is 36.3 Å². The second-order valence-electron chi connectivity index (χ2n) is 8.36. The van der Waals surface area contributed by atoms with Gasteiger partial charge in [0, 0.05) is 6.42 Å². The molecule has 0 saturated heterocycles. The molecule has 0 N–H and O–H groups in total. The second kappa shape index (κ2) is 16.7. The van der Waals surface area contributed by atoms with Gasteiger partial charge in [-0.3, -0.25) is 0 Å². The Morgan fingerprint density at radius 3 is 2.19 bits per heavy atom. The summed E-state index contributed by atoms with van der Waals surface area (Å²) in [4.78, 5) is 0. The fraction of sp³-hybridized carbons (Fsp3) is 0.909. The van der Waals surface area contributed by atoms with Crippen LogP contribution in [0.3, 0.4) is 0 Å². The molecule has 0 spiro atoms. The molecule has 1 aliphatic rings. The fourth-order valence-corrected chi connectivity index (χ4v) is 7.72. The van der Waals surface area contributed by atoms with E-state index in [0.29, 0.717) is 0 Å². The molecule has 0 aromatic rings. The van der Waals surface area contributed by atoms with Crippen LogP contribution >= 0.6 is 34.8 Å². The highest BCUT2D eigenvalue weighted by Crippen LogP contribution is 2.36. The van der Waals surface area contributed by atoms with E-state index in [4.69, 9.17) is 3.07 Å². The van der Waals surface area contributed by atoms with E-state index in [1.54, 1.807) is 0 Å². The molecule has 0 heterocycles. The summed E-state index contributed by atoms with van der Waals surface area (Å²) >= 11 is 4.07. The molecule has 0 amide bonds. The van der Waals surface area contributed by atoms with Crippen LogP contribution in [0.5, 0.6) is 0 Å². The zero-order chi connectivity index (χ0) is 18.9. The monoisotopic (exact) mass is 508 g/mol. The predicted octanol–water partition coefficient (Wildman–Crippen LogP) is 8.18. The quantitative estimate of drug-likeness (QED) is 0.101. The van der Waals surface area contributed by atoms with Crippen LogP contribution in [0.25, 0.3) is 0 Å². The lowest BCUT2D eigenvalue weighted by molar-refractivity contribution is 0.427. The molecule has 26 heavy (non-hydrogen) atoms. The molecule has 4 heteroatoms. The maximum absolute atomic E-state index is 5.04. The summed E-state index contributed by atoms with van der Waals surface area (Å²) in [5.41, 5.74) is 4.72. The van der Waals surface area contributed by atoms with Crippen molar-refractivity contribution < 1.29 is 3.07 Å². The molecular formula is C22H41IOSSi. The number of hydrogen-bond donors (Lipinski definition) is 0. The Balaban J connectivity index is 1.89. The zero-order valence-corrected chi connectivity index (χ0v) is 21.3. The van der Waals surface area contributed by atoms with Crippen LogP contribution in [0.15, 0.2) is 0 Å². The van der Waals surface area contributed by atoms with Crippen LogP contribution in [0.1, 0.15) is 89.9 Å². The maximum Gasteiger partial charge on any atom is 0.135 e. The molecule has 0 aromatic heterocycles. The molecule has 1 saturated carbocycles. The first kappa shape index (κ1) is 24.9. The van der Waals surface area contributed by atoms with Crippen molar-refractivity contribution in [3.63, 3.8) is 0 Å². The van der Waals surface area contributed by atoms with Gasteiger partial charge in [-0.05, 0) is 36.3 Å². The number of rotatable bonds is 14. The third kappa shape index (κ3) is 13.1. The molecule has 0 radical (unpaired) electrons. The summed E-state index contributed by atoms with van der Waals surface area (Å²) in [6.45, 7) is 5.91. The van der Waals surface area contributed by atoms with Gasteiger partial charge in [-0.15, -0.1) is 11.5 Å². The van der Waals surface area contributed by atoms with Crippen molar-refractivity contribution in [2.45, 2.75) is 109 Å². The van der Waals surface area contributed by atoms with Crippen molar-refractivity contribution in [2.75, 3.05) is 18.1 Å². The van der Waals surface area contributed by atoms with Gasteiger partial charge in [-0.2, -0.15) is 11.8 Å². The summed E-state index contributed by atoms with van der Waals surface area (Å²) in [7, 11) is -1.28. The Labute approximate surface area is 183 Å². The first-order valence-corrected chi connectivity index (χ1v) is 16.1. The van der Waals surface area contributed by atoms with Gasteiger partial charge < -0.3 is 3.07 Å². The lowest BCUT2D eigenvalue weighted by atomic mass is 10.0. The van der Waals surface area contributed by atoms with E-state index in [9.17, 15) is 0 Å². The molecule has 1 aliphatic carbocycles. The van der Waals surface area contributed by atoms with Gasteiger partial charge in [-0.25, -0.2) is 0 Å². The predicted molar refractivity (Wildman–Crippen MR) is 131 cm³/mol. The topological polar surface area (TPSA) is 9.23 Å². The standard InChI is InChI=1S/C22H41IOSSi/c1-26(2,22-16-11-10-12-17-22)21-14-9-7-5-3-4-6-8-13-19-25-20-15-18-24-23/h22H,3-13,15-20H2,1-2H3. The summed E-state index contributed by atoms with van der Waals surface area (Å²) in [6, 6.07) is 0. The van der Waals surface area contributed by atoms with Gasteiger partial charge in [0.05, 0.1) is 6.61 Å². The molecule has 0 aliphatic heterocycles. The van der Waals surface area contributed by atoms with Gasteiger partial charge >= 0.3 is 0 Å². The van der Waals surface area contributed by atoms with Crippen LogP contribution in [0.4, 0.5) is 0 Å². The molecule has 1 rings (SSSR count). The molecular weight excluding hydrogens is 467 g/mol. The maximum atomic E-state index is 5.04. The molecule has 1 nitrogen and oxygen atoms in total. The fourth-order valence-electron chi connectivity index (χ4n) is 3.84. The zero-order valence-electron chi connectivity index (χ0n) is 17.3. The molecule has 0 unspecified atom stereocenters. The van der Waals surface area contributed by atoms with Crippen LogP contribution in [-0.2, 0) is 3.07 Å². The SMILES string of the molecule is C[Si](C)(C#CCCCCCCCCCSCCCOI)C1CCCCC1. The van der Waals surface area contributed by atoms with Gasteiger partial charge in [0.25, 0.3) is 0 Å². The number of unbranched alkanes of at least 4 members (excludes halogenated alkanes) is 7.